The van der Waals surface area contributed by atoms with Crippen molar-refractivity contribution in [3.05, 3.63) is 70.9 Å². The fourth-order valence-electron chi connectivity index (χ4n) is 2.35. The van der Waals surface area contributed by atoms with Crippen LogP contribution in [-0.2, 0) is 6.54 Å². The third-order valence-corrected chi connectivity index (χ3v) is 3.98. The number of benzene rings is 2. The van der Waals surface area contributed by atoms with E-state index in [0.29, 0.717) is 12.5 Å². The number of halogens is 1. The summed E-state index contributed by atoms with van der Waals surface area (Å²) >= 11 is 6.18. The topological polar surface area (TPSA) is 59.1 Å². The fraction of sp³-hybridized carbons (Fsp3) is 0.158. The van der Waals surface area contributed by atoms with Crippen molar-refractivity contribution in [3.63, 3.8) is 0 Å². The Morgan fingerprint density at radius 3 is 2.52 bits per heavy atom. The monoisotopic (exact) mass is 354 g/mol. The molecule has 0 saturated heterocycles. The number of rotatable bonds is 6. The number of aryl methyl sites for hydroxylation is 1. The second-order valence-corrected chi connectivity index (χ2v) is 5.92. The van der Waals surface area contributed by atoms with Gasteiger partial charge >= 0.3 is 0 Å². The highest BCUT2D eigenvalue weighted by Crippen LogP contribution is 2.21. The summed E-state index contributed by atoms with van der Waals surface area (Å²) < 4.78 is 5.17. The van der Waals surface area contributed by atoms with Crippen LogP contribution in [0.3, 0.4) is 0 Å². The summed E-state index contributed by atoms with van der Waals surface area (Å²) in [6.45, 7) is 2.49. The highest BCUT2D eigenvalue weighted by molar-refractivity contribution is 6.31. The highest BCUT2D eigenvalue weighted by atomic mass is 35.5. The lowest BCUT2D eigenvalue weighted by Crippen LogP contribution is -2.06. The summed E-state index contributed by atoms with van der Waals surface area (Å²) in [4.78, 5) is 8.93. The minimum Gasteiger partial charge on any atom is -0.497 e. The molecule has 3 rings (SSSR count). The van der Waals surface area contributed by atoms with Crippen LogP contribution in [-0.4, -0.2) is 17.1 Å². The van der Waals surface area contributed by atoms with Gasteiger partial charge in [-0.3, -0.25) is 0 Å². The molecule has 3 aromatic rings. The Balaban J connectivity index is 1.72. The molecule has 2 N–H and O–H groups in total. The van der Waals surface area contributed by atoms with Crippen molar-refractivity contribution in [2.45, 2.75) is 13.5 Å². The van der Waals surface area contributed by atoms with Gasteiger partial charge in [0.15, 0.2) is 0 Å². The first kappa shape index (κ1) is 17.0. The van der Waals surface area contributed by atoms with Crippen molar-refractivity contribution < 1.29 is 4.74 Å². The van der Waals surface area contributed by atoms with Crippen molar-refractivity contribution >= 4 is 29.1 Å². The molecule has 2 aromatic carbocycles. The van der Waals surface area contributed by atoms with E-state index in [9.17, 15) is 0 Å². The second-order valence-electron chi connectivity index (χ2n) is 5.52. The van der Waals surface area contributed by atoms with Gasteiger partial charge in [-0.25, -0.2) is 4.98 Å². The largest absolute Gasteiger partial charge is 0.497 e. The van der Waals surface area contributed by atoms with Crippen LogP contribution >= 0.6 is 11.6 Å². The van der Waals surface area contributed by atoms with Crippen LogP contribution in [0, 0.1) is 6.92 Å². The van der Waals surface area contributed by atoms with Gasteiger partial charge in [0.1, 0.15) is 11.6 Å². The molecule has 0 unspecified atom stereocenters. The highest BCUT2D eigenvalue weighted by Gasteiger charge is 2.05. The van der Waals surface area contributed by atoms with Gasteiger partial charge in [-0.2, -0.15) is 4.98 Å². The molecule has 128 valence electrons. The molecular formula is C19H19ClN4O. The summed E-state index contributed by atoms with van der Waals surface area (Å²) in [5.74, 6) is 2.08. The normalized spacial score (nSPS) is 10.4. The lowest BCUT2D eigenvalue weighted by molar-refractivity contribution is 0.415. The number of aromatic nitrogens is 2. The molecule has 0 fully saturated rings. The molecule has 0 aliphatic rings. The van der Waals surface area contributed by atoms with E-state index in [2.05, 4.69) is 20.6 Å². The molecular weight excluding hydrogens is 336 g/mol. The van der Waals surface area contributed by atoms with E-state index in [1.54, 1.807) is 7.11 Å². The van der Waals surface area contributed by atoms with Crippen molar-refractivity contribution in [1.29, 1.82) is 0 Å². The van der Waals surface area contributed by atoms with Gasteiger partial charge in [-0.05, 0) is 42.8 Å². The van der Waals surface area contributed by atoms with Crippen LogP contribution in [0.2, 0.25) is 5.02 Å². The summed E-state index contributed by atoms with van der Waals surface area (Å²) in [5.41, 5.74) is 2.79. The van der Waals surface area contributed by atoms with Crippen LogP contribution in [0.15, 0.2) is 54.6 Å². The lowest BCUT2D eigenvalue weighted by Gasteiger charge is -2.11. The zero-order valence-electron chi connectivity index (χ0n) is 14.1. The second kappa shape index (κ2) is 7.85. The third kappa shape index (κ3) is 4.61. The maximum atomic E-state index is 6.18. The molecule has 0 amide bonds. The van der Waals surface area contributed by atoms with E-state index < -0.39 is 0 Å². The summed E-state index contributed by atoms with van der Waals surface area (Å²) in [6, 6.07) is 17.3. The van der Waals surface area contributed by atoms with Crippen molar-refractivity contribution in [3.8, 4) is 5.75 Å². The average molecular weight is 355 g/mol. The molecule has 1 aromatic heterocycles. The molecule has 0 spiro atoms. The van der Waals surface area contributed by atoms with Crippen LogP contribution < -0.4 is 15.4 Å². The Kier molecular flexibility index (Phi) is 5.36. The Bertz CT molecular complexity index is 852. The Hall–Kier alpha value is -2.79. The first-order valence-electron chi connectivity index (χ1n) is 7.88. The van der Waals surface area contributed by atoms with E-state index >= 15 is 0 Å². The number of ether oxygens (including phenoxy) is 1. The smallest absolute Gasteiger partial charge is 0.225 e. The fourth-order valence-corrected chi connectivity index (χ4v) is 2.55. The number of hydrogen-bond acceptors (Lipinski definition) is 5. The first-order chi connectivity index (χ1) is 12.1. The molecule has 6 heteroatoms. The molecule has 0 bridgehead atoms. The maximum absolute atomic E-state index is 6.18. The van der Waals surface area contributed by atoms with E-state index in [4.69, 9.17) is 16.3 Å². The molecule has 0 aliphatic carbocycles. The average Bonchev–Trinajstić information content (AvgIpc) is 2.61. The third-order valence-electron chi connectivity index (χ3n) is 3.61. The zero-order chi connectivity index (χ0) is 17.6. The molecule has 25 heavy (non-hydrogen) atoms. The molecule has 0 atom stereocenters. The van der Waals surface area contributed by atoms with Gasteiger partial charge < -0.3 is 15.4 Å². The summed E-state index contributed by atoms with van der Waals surface area (Å²) in [6.07, 6.45) is 0. The summed E-state index contributed by atoms with van der Waals surface area (Å²) in [7, 11) is 1.65. The van der Waals surface area contributed by atoms with Crippen LogP contribution in [0.1, 0.15) is 11.3 Å². The predicted molar refractivity (Wildman–Crippen MR) is 102 cm³/mol. The lowest BCUT2D eigenvalue weighted by atomic mass is 10.2. The number of methoxy groups -OCH3 is 1. The van der Waals surface area contributed by atoms with E-state index in [1.165, 1.54) is 0 Å². The standard InChI is InChI=1S/C19H19ClN4O/c1-13-11-18(23-15-7-9-16(25-2)10-8-15)24-19(22-13)21-12-14-5-3-4-6-17(14)20/h3-11H,12H2,1-2H3,(H2,21,22,23,24). The van der Waals surface area contributed by atoms with Gasteiger partial charge in [0.2, 0.25) is 5.95 Å². The number of hydrogen-bond donors (Lipinski definition) is 2. The maximum Gasteiger partial charge on any atom is 0.225 e. The van der Waals surface area contributed by atoms with Crippen LogP contribution in [0.5, 0.6) is 5.75 Å². The van der Waals surface area contributed by atoms with Gasteiger partial charge in [-0.15, -0.1) is 0 Å². The minimum absolute atomic E-state index is 0.552. The van der Waals surface area contributed by atoms with Gasteiger partial charge in [0.05, 0.1) is 7.11 Å². The van der Waals surface area contributed by atoms with Gasteiger partial charge in [0.25, 0.3) is 0 Å². The predicted octanol–water partition coefficient (Wildman–Crippen LogP) is 4.80. The number of nitrogens with one attached hydrogen (secondary N) is 2. The van der Waals surface area contributed by atoms with Gasteiger partial charge in [-0.1, -0.05) is 29.8 Å². The quantitative estimate of drug-likeness (QED) is 0.665. The van der Waals surface area contributed by atoms with Crippen molar-refractivity contribution in [2.75, 3.05) is 17.7 Å². The van der Waals surface area contributed by atoms with Crippen LogP contribution in [0.4, 0.5) is 17.5 Å². The van der Waals surface area contributed by atoms with Crippen LogP contribution in [0.25, 0.3) is 0 Å². The Morgan fingerprint density at radius 1 is 1.04 bits per heavy atom. The molecule has 0 radical (unpaired) electrons. The van der Waals surface area contributed by atoms with Crippen molar-refractivity contribution in [2.24, 2.45) is 0 Å². The molecule has 0 aliphatic heterocycles. The van der Waals surface area contributed by atoms with E-state index in [1.807, 2.05) is 61.5 Å². The first-order valence-corrected chi connectivity index (χ1v) is 8.26. The Morgan fingerprint density at radius 2 is 1.80 bits per heavy atom. The summed E-state index contributed by atoms with van der Waals surface area (Å²) in [5, 5.41) is 7.22. The Labute approximate surface area is 152 Å². The van der Waals surface area contributed by atoms with E-state index in [-0.39, 0.29) is 0 Å². The zero-order valence-corrected chi connectivity index (χ0v) is 14.8. The molecule has 5 nitrogen and oxygen atoms in total. The van der Waals surface area contributed by atoms with Crippen molar-refractivity contribution in [1.82, 2.24) is 9.97 Å². The minimum atomic E-state index is 0.552. The number of nitrogens with zero attached hydrogens (tertiary/aromatic N) is 2. The SMILES string of the molecule is COc1ccc(Nc2cc(C)nc(NCc3ccccc3Cl)n2)cc1. The molecule has 1 heterocycles. The molecule has 0 saturated carbocycles. The number of anilines is 3. The van der Waals surface area contributed by atoms with E-state index in [0.717, 1.165) is 33.5 Å². The van der Waals surface area contributed by atoms with Gasteiger partial charge in [0, 0.05) is 29.0 Å².